The predicted octanol–water partition coefficient (Wildman–Crippen LogP) is 0.518. The SMILES string of the molecule is Nc1nc(C(=CCC(=O)O)C(=O)N[C@@H]2C(=O)N3C(C(=O)O)=C(Cl)CS[C@H]23)cs1. The van der Waals surface area contributed by atoms with Crippen molar-refractivity contribution < 1.29 is 29.4 Å². The van der Waals surface area contributed by atoms with Gasteiger partial charge in [0.15, 0.2) is 5.13 Å². The first-order valence-corrected chi connectivity index (χ1v) is 10.0. The molecule has 13 heteroatoms. The number of thioether (sulfide) groups is 1. The predicted molar refractivity (Wildman–Crippen MR) is 102 cm³/mol. The van der Waals surface area contributed by atoms with Crippen molar-refractivity contribution >= 4 is 69.2 Å². The first kappa shape index (κ1) is 20.2. The molecule has 3 rings (SSSR count). The Morgan fingerprint density at radius 1 is 1.43 bits per heavy atom. The van der Waals surface area contributed by atoms with Crippen LogP contribution in [0.1, 0.15) is 12.1 Å². The molecule has 1 saturated heterocycles. The highest BCUT2D eigenvalue weighted by Crippen LogP contribution is 2.41. The molecule has 5 N–H and O–H groups in total. The number of fused-ring (bicyclic) bond motifs is 1. The molecule has 2 aliphatic rings. The Labute approximate surface area is 171 Å². The van der Waals surface area contributed by atoms with E-state index in [4.69, 9.17) is 22.4 Å². The van der Waals surface area contributed by atoms with Gasteiger partial charge in [0.1, 0.15) is 17.1 Å². The van der Waals surface area contributed by atoms with Crippen LogP contribution in [0.3, 0.4) is 0 Å². The topological polar surface area (TPSA) is 163 Å². The van der Waals surface area contributed by atoms with E-state index in [1.54, 1.807) is 0 Å². The Morgan fingerprint density at radius 2 is 2.14 bits per heavy atom. The minimum atomic E-state index is -1.33. The molecule has 0 aliphatic carbocycles. The van der Waals surface area contributed by atoms with Crippen LogP contribution < -0.4 is 11.1 Å². The summed E-state index contributed by atoms with van der Waals surface area (Å²) in [6.07, 6.45) is 0.755. The quantitative estimate of drug-likeness (QED) is 0.361. The van der Waals surface area contributed by atoms with E-state index in [-0.39, 0.29) is 32.9 Å². The molecule has 0 bridgehead atoms. The number of amides is 2. The highest BCUT2D eigenvalue weighted by molar-refractivity contribution is 8.00. The van der Waals surface area contributed by atoms with Gasteiger partial charge in [-0.05, 0) is 0 Å². The normalized spacial score (nSPS) is 21.8. The number of halogens is 1. The standard InChI is InChI=1S/C15H13ClN4O6S2/c16-6-3-27-13-9(12(24)20(13)10(6)14(25)26)19-11(23)5(1-2-8(21)22)7-4-28-15(17)18-7/h1,4,9,13H,2-3H2,(H2,17,18)(H,19,23)(H,21,22)(H,25,26)/t9-,13-/m1/s1. The maximum absolute atomic E-state index is 12.7. The number of thiazole rings is 1. The molecule has 2 amide bonds. The lowest BCUT2D eigenvalue weighted by Gasteiger charge is -2.48. The van der Waals surface area contributed by atoms with E-state index in [9.17, 15) is 24.3 Å². The van der Waals surface area contributed by atoms with Crippen LogP contribution in [0.2, 0.25) is 0 Å². The number of nitrogens with one attached hydrogen (secondary N) is 1. The van der Waals surface area contributed by atoms with E-state index < -0.39 is 41.6 Å². The summed E-state index contributed by atoms with van der Waals surface area (Å²) in [5.74, 6) is -3.60. The molecule has 10 nitrogen and oxygen atoms in total. The molecule has 148 valence electrons. The van der Waals surface area contributed by atoms with Crippen molar-refractivity contribution in [2.45, 2.75) is 17.8 Å². The number of nitrogens with two attached hydrogens (primary N) is 1. The number of aliphatic carboxylic acids is 2. The molecule has 1 fully saturated rings. The molecule has 1 aromatic heterocycles. The maximum Gasteiger partial charge on any atom is 0.353 e. The van der Waals surface area contributed by atoms with E-state index in [1.165, 1.54) is 23.2 Å². The molecule has 0 radical (unpaired) electrons. The van der Waals surface area contributed by atoms with E-state index >= 15 is 0 Å². The molecular weight excluding hydrogens is 432 g/mol. The average molecular weight is 445 g/mol. The third-order valence-electron chi connectivity index (χ3n) is 3.93. The van der Waals surface area contributed by atoms with Crippen LogP contribution >= 0.6 is 34.7 Å². The van der Waals surface area contributed by atoms with Crippen molar-refractivity contribution in [1.29, 1.82) is 0 Å². The number of carboxylic acids is 2. The minimum Gasteiger partial charge on any atom is -0.481 e. The van der Waals surface area contributed by atoms with Crippen molar-refractivity contribution in [2.24, 2.45) is 0 Å². The van der Waals surface area contributed by atoms with Crippen LogP contribution in [0.5, 0.6) is 0 Å². The second-order valence-corrected chi connectivity index (χ2v) is 8.16. The van der Waals surface area contributed by atoms with Crippen LogP contribution in [0.25, 0.3) is 5.57 Å². The third-order valence-corrected chi connectivity index (χ3v) is 6.36. The highest BCUT2D eigenvalue weighted by Gasteiger charge is 2.54. The fourth-order valence-electron chi connectivity index (χ4n) is 2.72. The van der Waals surface area contributed by atoms with Crippen molar-refractivity contribution in [3.63, 3.8) is 0 Å². The van der Waals surface area contributed by atoms with Gasteiger partial charge in [-0.1, -0.05) is 17.7 Å². The Morgan fingerprint density at radius 3 is 2.71 bits per heavy atom. The fourth-order valence-corrected chi connectivity index (χ4v) is 4.83. The van der Waals surface area contributed by atoms with E-state index in [0.29, 0.717) is 0 Å². The zero-order valence-electron chi connectivity index (χ0n) is 13.9. The molecule has 1 aromatic rings. The Bertz CT molecular complexity index is 943. The summed E-state index contributed by atoms with van der Waals surface area (Å²) in [5, 5.41) is 21.8. The Balaban J connectivity index is 1.80. The highest BCUT2D eigenvalue weighted by atomic mass is 35.5. The van der Waals surface area contributed by atoms with Crippen molar-refractivity contribution in [3.8, 4) is 0 Å². The number of carbonyl (C=O) groups is 4. The fraction of sp³-hybridized carbons (Fsp3) is 0.267. The van der Waals surface area contributed by atoms with Crippen molar-refractivity contribution in [1.82, 2.24) is 15.2 Å². The summed E-state index contributed by atoms with van der Waals surface area (Å²) in [5.41, 5.74) is 5.43. The number of carbonyl (C=O) groups excluding carboxylic acids is 2. The number of hydrogen-bond donors (Lipinski definition) is 4. The molecule has 28 heavy (non-hydrogen) atoms. The first-order chi connectivity index (χ1) is 13.2. The lowest BCUT2D eigenvalue weighted by molar-refractivity contribution is -0.150. The summed E-state index contributed by atoms with van der Waals surface area (Å²) in [6, 6.07) is -0.971. The third kappa shape index (κ3) is 3.70. The number of nitrogen functional groups attached to an aromatic ring is 1. The number of nitrogens with zero attached hydrogens (tertiary/aromatic N) is 2. The molecular formula is C15H13ClN4O6S2. The Hall–Kier alpha value is -2.57. The van der Waals surface area contributed by atoms with Gasteiger partial charge >= 0.3 is 11.9 Å². The van der Waals surface area contributed by atoms with Gasteiger partial charge in [0.05, 0.1) is 22.7 Å². The van der Waals surface area contributed by atoms with Gasteiger partial charge in [-0.15, -0.1) is 23.1 Å². The van der Waals surface area contributed by atoms with E-state index in [0.717, 1.165) is 16.2 Å². The molecule has 0 aromatic carbocycles. The maximum atomic E-state index is 12.7. The second-order valence-electron chi connectivity index (χ2n) is 5.71. The summed E-state index contributed by atoms with van der Waals surface area (Å²) in [4.78, 5) is 52.3. The van der Waals surface area contributed by atoms with E-state index in [2.05, 4.69) is 10.3 Å². The number of hydrogen-bond acceptors (Lipinski definition) is 8. The second kappa shape index (κ2) is 7.81. The summed E-state index contributed by atoms with van der Waals surface area (Å²) >= 11 is 8.20. The summed E-state index contributed by atoms with van der Waals surface area (Å²) in [7, 11) is 0. The number of carboxylic acid groups (broad SMARTS) is 2. The van der Waals surface area contributed by atoms with E-state index in [1.807, 2.05) is 0 Å². The monoisotopic (exact) mass is 444 g/mol. The summed E-state index contributed by atoms with van der Waals surface area (Å²) in [6.45, 7) is 0. The summed E-state index contributed by atoms with van der Waals surface area (Å²) < 4.78 is 0. The zero-order valence-corrected chi connectivity index (χ0v) is 16.3. The molecule has 0 spiro atoms. The smallest absolute Gasteiger partial charge is 0.353 e. The minimum absolute atomic E-state index is 0.0329. The molecule has 3 heterocycles. The van der Waals surface area contributed by atoms with Crippen LogP contribution in [0, 0.1) is 0 Å². The van der Waals surface area contributed by atoms with Crippen LogP contribution in [-0.4, -0.2) is 61.0 Å². The van der Waals surface area contributed by atoms with Crippen LogP contribution in [0.15, 0.2) is 22.2 Å². The number of β-lactam (4-membered cyclic amide) rings is 1. The lowest BCUT2D eigenvalue weighted by atomic mass is 10.0. The molecule has 2 atom stereocenters. The van der Waals surface area contributed by atoms with Crippen molar-refractivity contribution in [3.05, 3.63) is 27.9 Å². The Kier molecular flexibility index (Phi) is 5.63. The molecule has 0 unspecified atom stereocenters. The van der Waals surface area contributed by atoms with Gasteiger partial charge in [0.25, 0.3) is 11.8 Å². The van der Waals surface area contributed by atoms with Gasteiger partial charge in [-0.2, -0.15) is 0 Å². The van der Waals surface area contributed by atoms with Gasteiger partial charge in [-0.25, -0.2) is 9.78 Å². The largest absolute Gasteiger partial charge is 0.481 e. The van der Waals surface area contributed by atoms with Gasteiger partial charge in [0, 0.05) is 11.1 Å². The molecule has 0 saturated carbocycles. The van der Waals surface area contributed by atoms with Gasteiger partial charge < -0.3 is 21.3 Å². The van der Waals surface area contributed by atoms with Gasteiger partial charge in [-0.3, -0.25) is 19.3 Å². The zero-order chi connectivity index (χ0) is 20.6. The number of rotatable bonds is 6. The molecule has 2 aliphatic heterocycles. The average Bonchev–Trinajstić information content (AvgIpc) is 3.05. The number of anilines is 1. The van der Waals surface area contributed by atoms with Crippen LogP contribution in [0.4, 0.5) is 5.13 Å². The first-order valence-electron chi connectivity index (χ1n) is 7.71. The van der Waals surface area contributed by atoms with Crippen LogP contribution in [-0.2, 0) is 19.2 Å². The van der Waals surface area contributed by atoms with Crippen molar-refractivity contribution in [2.75, 3.05) is 11.5 Å². The lowest BCUT2D eigenvalue weighted by Crippen LogP contribution is -2.70. The van der Waals surface area contributed by atoms with Gasteiger partial charge in [0.2, 0.25) is 0 Å². The number of aromatic nitrogens is 1.